The zero-order valence-corrected chi connectivity index (χ0v) is 8.03. The molecule has 0 unspecified atom stereocenters. The van der Waals surface area contributed by atoms with Gasteiger partial charge in [0.15, 0.2) is 0 Å². The summed E-state index contributed by atoms with van der Waals surface area (Å²) >= 11 is 0. The van der Waals surface area contributed by atoms with Gasteiger partial charge in [0.1, 0.15) is 0 Å². The van der Waals surface area contributed by atoms with Gasteiger partial charge in [-0.2, -0.15) is 0 Å². The molecular formula is C12H15N. The zero-order valence-electron chi connectivity index (χ0n) is 8.03. The first-order valence-electron chi connectivity index (χ1n) is 4.31. The van der Waals surface area contributed by atoms with E-state index in [4.69, 9.17) is 0 Å². The van der Waals surface area contributed by atoms with Crippen LogP contribution in [-0.4, -0.2) is 11.9 Å². The molecule has 0 aliphatic heterocycles. The van der Waals surface area contributed by atoms with Crippen molar-refractivity contribution in [1.82, 2.24) is 4.90 Å². The monoisotopic (exact) mass is 173 g/mol. The van der Waals surface area contributed by atoms with Crippen molar-refractivity contribution in [3.8, 4) is 0 Å². The van der Waals surface area contributed by atoms with Gasteiger partial charge in [-0.05, 0) is 17.3 Å². The highest BCUT2D eigenvalue weighted by Gasteiger charge is 1.98. The number of rotatable bonds is 4. The fourth-order valence-electron chi connectivity index (χ4n) is 1.21. The topological polar surface area (TPSA) is 3.24 Å². The summed E-state index contributed by atoms with van der Waals surface area (Å²) in [4.78, 5) is 2.04. The number of hydrogen-bond donors (Lipinski definition) is 0. The summed E-state index contributed by atoms with van der Waals surface area (Å²) in [6.07, 6.45) is 3.70. The van der Waals surface area contributed by atoms with Gasteiger partial charge in [-0.15, -0.1) is 0 Å². The van der Waals surface area contributed by atoms with E-state index in [-0.39, 0.29) is 0 Å². The summed E-state index contributed by atoms with van der Waals surface area (Å²) in [6, 6.07) is 8.24. The Balaban J connectivity index is 2.86. The highest BCUT2D eigenvalue weighted by atomic mass is 15.1. The van der Waals surface area contributed by atoms with E-state index in [0.29, 0.717) is 0 Å². The van der Waals surface area contributed by atoms with E-state index in [0.717, 1.165) is 6.54 Å². The standard InChI is InChI=1S/C12H15N/c1-4-11-8-6-7-9-12(11)10-13(3)5-2/h4-9H,1-2,10H2,3H3. The molecule has 0 radical (unpaired) electrons. The number of benzene rings is 1. The third-order valence-corrected chi connectivity index (χ3v) is 2.01. The maximum atomic E-state index is 3.78. The van der Waals surface area contributed by atoms with Gasteiger partial charge >= 0.3 is 0 Å². The largest absolute Gasteiger partial charge is 0.377 e. The molecule has 0 N–H and O–H groups in total. The lowest BCUT2D eigenvalue weighted by atomic mass is 10.1. The van der Waals surface area contributed by atoms with E-state index >= 15 is 0 Å². The molecule has 13 heavy (non-hydrogen) atoms. The second-order valence-electron chi connectivity index (χ2n) is 3.00. The molecular weight excluding hydrogens is 158 g/mol. The van der Waals surface area contributed by atoms with Crippen molar-refractivity contribution < 1.29 is 0 Å². The lowest BCUT2D eigenvalue weighted by molar-refractivity contribution is 0.452. The summed E-state index contributed by atoms with van der Waals surface area (Å²) in [6.45, 7) is 8.37. The molecule has 0 aliphatic carbocycles. The molecule has 1 heteroatoms. The Labute approximate surface area is 80.0 Å². The van der Waals surface area contributed by atoms with Gasteiger partial charge in [-0.25, -0.2) is 0 Å². The van der Waals surface area contributed by atoms with E-state index in [9.17, 15) is 0 Å². The average Bonchev–Trinajstić information content (AvgIpc) is 2.18. The molecule has 0 atom stereocenters. The Hall–Kier alpha value is -1.50. The Morgan fingerprint density at radius 2 is 2.00 bits per heavy atom. The highest BCUT2D eigenvalue weighted by molar-refractivity contribution is 5.51. The Morgan fingerprint density at radius 1 is 1.31 bits per heavy atom. The van der Waals surface area contributed by atoms with Crippen molar-refractivity contribution in [1.29, 1.82) is 0 Å². The van der Waals surface area contributed by atoms with E-state index < -0.39 is 0 Å². The summed E-state index contributed by atoms with van der Waals surface area (Å²) in [7, 11) is 2.01. The molecule has 1 rings (SSSR count). The summed E-state index contributed by atoms with van der Waals surface area (Å²) in [5.74, 6) is 0. The van der Waals surface area contributed by atoms with E-state index in [1.54, 1.807) is 0 Å². The Morgan fingerprint density at radius 3 is 2.62 bits per heavy atom. The lowest BCUT2D eigenvalue weighted by Gasteiger charge is -2.14. The zero-order chi connectivity index (χ0) is 9.68. The molecule has 0 aromatic heterocycles. The van der Waals surface area contributed by atoms with Crippen LogP contribution < -0.4 is 0 Å². The van der Waals surface area contributed by atoms with Crippen molar-refractivity contribution in [2.45, 2.75) is 6.54 Å². The molecule has 0 aliphatic rings. The first-order chi connectivity index (χ1) is 6.27. The molecule has 0 saturated carbocycles. The predicted octanol–water partition coefficient (Wildman–Crippen LogP) is 2.90. The fourth-order valence-corrected chi connectivity index (χ4v) is 1.21. The van der Waals surface area contributed by atoms with Crippen LogP contribution in [0.1, 0.15) is 11.1 Å². The number of hydrogen-bond acceptors (Lipinski definition) is 1. The third-order valence-electron chi connectivity index (χ3n) is 2.01. The fraction of sp³-hybridized carbons (Fsp3) is 0.167. The van der Waals surface area contributed by atoms with Crippen molar-refractivity contribution in [3.05, 3.63) is 54.8 Å². The van der Waals surface area contributed by atoms with E-state index in [1.165, 1.54) is 11.1 Å². The van der Waals surface area contributed by atoms with E-state index in [1.807, 2.05) is 36.4 Å². The van der Waals surface area contributed by atoms with Gasteiger partial charge in [0.2, 0.25) is 0 Å². The van der Waals surface area contributed by atoms with Gasteiger partial charge < -0.3 is 4.90 Å². The van der Waals surface area contributed by atoms with Crippen LogP contribution in [0.4, 0.5) is 0 Å². The Kier molecular flexibility index (Phi) is 3.32. The van der Waals surface area contributed by atoms with Crippen LogP contribution in [0, 0.1) is 0 Å². The minimum atomic E-state index is 0.881. The van der Waals surface area contributed by atoms with Crippen LogP contribution in [-0.2, 0) is 6.54 Å². The molecule has 0 spiro atoms. The predicted molar refractivity (Wildman–Crippen MR) is 58.2 cm³/mol. The van der Waals surface area contributed by atoms with Crippen molar-refractivity contribution >= 4 is 6.08 Å². The molecule has 1 aromatic rings. The summed E-state index contributed by atoms with van der Waals surface area (Å²) in [5.41, 5.74) is 2.47. The normalized spacial score (nSPS) is 9.31. The van der Waals surface area contributed by atoms with Gasteiger partial charge in [-0.3, -0.25) is 0 Å². The molecule has 1 aromatic carbocycles. The molecule has 68 valence electrons. The van der Waals surface area contributed by atoms with Crippen LogP contribution in [0.25, 0.3) is 6.08 Å². The van der Waals surface area contributed by atoms with Crippen LogP contribution in [0.3, 0.4) is 0 Å². The van der Waals surface area contributed by atoms with Gasteiger partial charge in [0.05, 0.1) is 0 Å². The van der Waals surface area contributed by atoms with Crippen LogP contribution in [0.15, 0.2) is 43.6 Å². The maximum Gasteiger partial charge on any atom is 0.0426 e. The second-order valence-corrected chi connectivity index (χ2v) is 3.00. The van der Waals surface area contributed by atoms with Gasteiger partial charge in [-0.1, -0.05) is 43.5 Å². The van der Waals surface area contributed by atoms with Crippen molar-refractivity contribution in [3.63, 3.8) is 0 Å². The molecule has 0 heterocycles. The van der Waals surface area contributed by atoms with Gasteiger partial charge in [0, 0.05) is 13.6 Å². The molecule has 0 saturated heterocycles. The lowest BCUT2D eigenvalue weighted by Crippen LogP contribution is -2.10. The molecule has 0 fully saturated rings. The minimum Gasteiger partial charge on any atom is -0.377 e. The molecule has 1 nitrogen and oxygen atoms in total. The third kappa shape index (κ3) is 2.48. The molecule has 0 bridgehead atoms. The first-order valence-corrected chi connectivity index (χ1v) is 4.31. The van der Waals surface area contributed by atoms with Crippen LogP contribution in [0.2, 0.25) is 0 Å². The second kappa shape index (κ2) is 4.51. The average molecular weight is 173 g/mol. The Bertz CT molecular complexity index is 302. The maximum absolute atomic E-state index is 3.78. The van der Waals surface area contributed by atoms with Crippen LogP contribution in [0.5, 0.6) is 0 Å². The molecule has 0 amide bonds. The highest BCUT2D eigenvalue weighted by Crippen LogP contribution is 2.11. The summed E-state index contributed by atoms with van der Waals surface area (Å²) < 4.78 is 0. The van der Waals surface area contributed by atoms with Crippen LogP contribution >= 0.6 is 0 Å². The van der Waals surface area contributed by atoms with Crippen molar-refractivity contribution in [2.24, 2.45) is 0 Å². The SMILES string of the molecule is C=Cc1ccccc1CN(C)C=C. The van der Waals surface area contributed by atoms with E-state index in [2.05, 4.69) is 25.3 Å². The van der Waals surface area contributed by atoms with Crippen molar-refractivity contribution in [2.75, 3.05) is 7.05 Å². The van der Waals surface area contributed by atoms with Gasteiger partial charge in [0.25, 0.3) is 0 Å². The summed E-state index contributed by atoms with van der Waals surface area (Å²) in [5, 5.41) is 0. The first kappa shape index (κ1) is 9.59. The quantitative estimate of drug-likeness (QED) is 0.676. The minimum absolute atomic E-state index is 0.881. The number of nitrogens with zero attached hydrogens (tertiary/aromatic N) is 1. The smallest absolute Gasteiger partial charge is 0.0426 e.